The number of rotatable bonds is 3. The van der Waals surface area contributed by atoms with E-state index < -0.39 is 0 Å². The molecule has 1 aromatic heterocycles. The molecule has 17 heavy (non-hydrogen) atoms. The van der Waals surface area contributed by atoms with Gasteiger partial charge in [-0.1, -0.05) is 12.1 Å². The molecule has 0 radical (unpaired) electrons. The molecule has 0 spiro atoms. The van der Waals surface area contributed by atoms with Gasteiger partial charge in [-0.15, -0.1) is 11.3 Å². The van der Waals surface area contributed by atoms with Crippen molar-refractivity contribution in [1.29, 1.82) is 0 Å². The quantitative estimate of drug-likeness (QED) is 0.670. The van der Waals surface area contributed by atoms with Crippen molar-refractivity contribution in [3.63, 3.8) is 0 Å². The van der Waals surface area contributed by atoms with Gasteiger partial charge < -0.3 is 10.5 Å². The number of benzene rings is 1. The number of methoxy groups -OCH3 is 1. The summed E-state index contributed by atoms with van der Waals surface area (Å²) < 4.78 is 4.67. The van der Waals surface area contributed by atoms with Crippen molar-refractivity contribution in [3.05, 3.63) is 51.7 Å². The minimum Gasteiger partial charge on any atom is -0.465 e. The Kier molecular flexibility index (Phi) is 3.44. The molecule has 0 amide bonds. The van der Waals surface area contributed by atoms with Gasteiger partial charge in [0.2, 0.25) is 0 Å². The van der Waals surface area contributed by atoms with Crippen molar-refractivity contribution in [2.45, 2.75) is 6.42 Å². The normalized spacial score (nSPS) is 10.2. The van der Waals surface area contributed by atoms with Crippen LogP contribution < -0.4 is 5.73 Å². The van der Waals surface area contributed by atoms with Crippen molar-refractivity contribution < 1.29 is 9.53 Å². The molecule has 88 valence electrons. The van der Waals surface area contributed by atoms with Gasteiger partial charge in [-0.2, -0.15) is 0 Å². The number of hydrogen-bond donors (Lipinski definition) is 1. The Labute approximate surface area is 104 Å². The number of nitrogens with two attached hydrogens (primary N) is 1. The molecule has 1 heterocycles. The van der Waals surface area contributed by atoms with Crippen molar-refractivity contribution in [1.82, 2.24) is 0 Å². The summed E-state index contributed by atoms with van der Waals surface area (Å²) in [5, 5.41) is 1.97. The molecule has 2 aromatic rings. The second-order valence-corrected chi connectivity index (χ2v) is 4.64. The van der Waals surface area contributed by atoms with E-state index >= 15 is 0 Å². The summed E-state index contributed by atoms with van der Waals surface area (Å²) in [6, 6.07) is 9.61. The van der Waals surface area contributed by atoms with Crippen LogP contribution in [0.15, 0.2) is 35.7 Å². The molecule has 0 saturated carbocycles. The van der Waals surface area contributed by atoms with Crippen LogP contribution in [0.25, 0.3) is 0 Å². The summed E-state index contributed by atoms with van der Waals surface area (Å²) in [4.78, 5) is 11.9. The van der Waals surface area contributed by atoms with Gasteiger partial charge in [0.05, 0.1) is 7.11 Å². The lowest BCUT2D eigenvalue weighted by Crippen LogP contribution is -1.97. The van der Waals surface area contributed by atoms with E-state index in [4.69, 9.17) is 5.73 Å². The molecule has 0 bridgehead atoms. The summed E-state index contributed by atoms with van der Waals surface area (Å²) in [7, 11) is 1.39. The predicted molar refractivity (Wildman–Crippen MR) is 69.3 cm³/mol. The van der Waals surface area contributed by atoms with Gasteiger partial charge in [0, 0.05) is 5.69 Å². The lowest BCUT2D eigenvalue weighted by atomic mass is 10.1. The summed E-state index contributed by atoms with van der Waals surface area (Å²) in [5.74, 6) is -0.283. The minimum absolute atomic E-state index is 0.283. The molecule has 3 nitrogen and oxygen atoms in total. The number of carbonyl (C=O) groups is 1. The Balaban J connectivity index is 2.14. The molecule has 0 aliphatic rings. The molecule has 0 atom stereocenters. The molecule has 4 heteroatoms. The van der Waals surface area contributed by atoms with E-state index in [-0.39, 0.29) is 5.97 Å². The first-order chi connectivity index (χ1) is 8.19. The number of ether oxygens (including phenoxy) is 1. The highest BCUT2D eigenvalue weighted by atomic mass is 32.1. The Morgan fingerprint density at radius 1 is 1.35 bits per heavy atom. The van der Waals surface area contributed by atoms with Crippen LogP contribution in [0.5, 0.6) is 0 Å². The van der Waals surface area contributed by atoms with Crippen LogP contribution in [0.1, 0.15) is 20.8 Å². The first-order valence-electron chi connectivity index (χ1n) is 5.19. The van der Waals surface area contributed by atoms with Crippen LogP contribution in [-0.2, 0) is 11.2 Å². The standard InChI is InChI=1S/C13H13NO2S/c1-16-13(15)12-7-10(8-17-12)5-9-3-2-4-11(14)6-9/h2-4,6-8H,5,14H2,1H3. The highest BCUT2D eigenvalue weighted by Crippen LogP contribution is 2.19. The third-order valence-electron chi connectivity index (χ3n) is 2.40. The summed E-state index contributed by atoms with van der Waals surface area (Å²) >= 11 is 1.40. The topological polar surface area (TPSA) is 52.3 Å². The molecule has 0 aliphatic carbocycles. The summed E-state index contributed by atoms with van der Waals surface area (Å²) in [5.41, 5.74) is 8.71. The maximum Gasteiger partial charge on any atom is 0.348 e. The van der Waals surface area contributed by atoms with E-state index in [1.165, 1.54) is 18.4 Å². The Hall–Kier alpha value is -1.81. The molecule has 0 aliphatic heterocycles. The van der Waals surface area contributed by atoms with Gasteiger partial charge in [0.1, 0.15) is 4.88 Å². The van der Waals surface area contributed by atoms with Gasteiger partial charge in [-0.05, 0) is 41.1 Å². The molecular formula is C13H13NO2S. The van der Waals surface area contributed by atoms with E-state index in [9.17, 15) is 4.79 Å². The Bertz CT molecular complexity index is 534. The van der Waals surface area contributed by atoms with Crippen molar-refractivity contribution in [2.75, 3.05) is 12.8 Å². The zero-order chi connectivity index (χ0) is 12.3. The fraction of sp³-hybridized carbons (Fsp3) is 0.154. The predicted octanol–water partition coefficient (Wildman–Crippen LogP) is 2.71. The second-order valence-electron chi connectivity index (χ2n) is 3.73. The van der Waals surface area contributed by atoms with E-state index in [1.54, 1.807) is 0 Å². The van der Waals surface area contributed by atoms with Gasteiger partial charge in [0.25, 0.3) is 0 Å². The third kappa shape index (κ3) is 2.85. The molecular weight excluding hydrogens is 234 g/mol. The largest absolute Gasteiger partial charge is 0.465 e. The van der Waals surface area contributed by atoms with Crippen LogP contribution in [0.3, 0.4) is 0 Å². The van der Waals surface area contributed by atoms with Crippen LogP contribution in [0, 0.1) is 0 Å². The number of nitrogen functional groups attached to an aromatic ring is 1. The Morgan fingerprint density at radius 3 is 2.88 bits per heavy atom. The summed E-state index contributed by atoms with van der Waals surface area (Å²) in [6.45, 7) is 0. The first-order valence-corrected chi connectivity index (χ1v) is 6.07. The van der Waals surface area contributed by atoms with E-state index in [0.29, 0.717) is 4.88 Å². The zero-order valence-electron chi connectivity index (χ0n) is 9.47. The molecule has 2 rings (SSSR count). The van der Waals surface area contributed by atoms with Gasteiger partial charge in [-0.3, -0.25) is 0 Å². The number of thiophene rings is 1. The number of anilines is 1. The Morgan fingerprint density at radius 2 is 2.18 bits per heavy atom. The molecule has 0 unspecified atom stereocenters. The van der Waals surface area contributed by atoms with Crippen molar-refractivity contribution in [2.24, 2.45) is 0 Å². The summed E-state index contributed by atoms with van der Waals surface area (Å²) in [6.07, 6.45) is 0.776. The molecule has 0 saturated heterocycles. The second kappa shape index (κ2) is 5.01. The van der Waals surface area contributed by atoms with E-state index in [2.05, 4.69) is 4.74 Å². The number of hydrogen-bond acceptors (Lipinski definition) is 4. The first kappa shape index (κ1) is 11.7. The highest BCUT2D eigenvalue weighted by molar-refractivity contribution is 7.12. The average molecular weight is 247 g/mol. The lowest BCUT2D eigenvalue weighted by molar-refractivity contribution is 0.0606. The molecule has 0 fully saturated rings. The zero-order valence-corrected chi connectivity index (χ0v) is 10.3. The highest BCUT2D eigenvalue weighted by Gasteiger charge is 2.09. The van der Waals surface area contributed by atoms with Gasteiger partial charge in [0.15, 0.2) is 0 Å². The van der Waals surface area contributed by atoms with E-state index in [0.717, 1.165) is 23.2 Å². The van der Waals surface area contributed by atoms with Crippen molar-refractivity contribution in [3.8, 4) is 0 Å². The van der Waals surface area contributed by atoms with Crippen LogP contribution in [0.2, 0.25) is 0 Å². The smallest absolute Gasteiger partial charge is 0.348 e. The fourth-order valence-electron chi connectivity index (χ4n) is 1.61. The average Bonchev–Trinajstić information content (AvgIpc) is 2.76. The molecule has 1 aromatic carbocycles. The van der Waals surface area contributed by atoms with Crippen LogP contribution >= 0.6 is 11.3 Å². The maximum absolute atomic E-state index is 11.3. The van der Waals surface area contributed by atoms with E-state index in [1.807, 2.05) is 35.7 Å². The lowest BCUT2D eigenvalue weighted by Gasteiger charge is -2.00. The minimum atomic E-state index is -0.283. The third-order valence-corrected chi connectivity index (χ3v) is 3.36. The maximum atomic E-state index is 11.3. The number of carbonyl (C=O) groups excluding carboxylic acids is 1. The van der Waals surface area contributed by atoms with Gasteiger partial charge >= 0.3 is 5.97 Å². The number of esters is 1. The fourth-order valence-corrected chi connectivity index (χ4v) is 2.44. The SMILES string of the molecule is COC(=O)c1cc(Cc2cccc(N)c2)cs1. The van der Waals surface area contributed by atoms with Gasteiger partial charge in [-0.25, -0.2) is 4.79 Å². The molecule has 2 N–H and O–H groups in total. The van der Waals surface area contributed by atoms with Crippen LogP contribution in [0.4, 0.5) is 5.69 Å². The monoisotopic (exact) mass is 247 g/mol. The van der Waals surface area contributed by atoms with Crippen LogP contribution in [-0.4, -0.2) is 13.1 Å². The van der Waals surface area contributed by atoms with Crippen molar-refractivity contribution >= 4 is 23.0 Å².